The van der Waals surface area contributed by atoms with Crippen molar-refractivity contribution in [3.63, 3.8) is 0 Å². The molecule has 0 aliphatic heterocycles. The van der Waals surface area contributed by atoms with Crippen LogP contribution in [0.5, 0.6) is 0 Å². The Hall–Kier alpha value is -1.72. The van der Waals surface area contributed by atoms with E-state index in [2.05, 4.69) is 51.9 Å². The largest absolute Gasteiger partial charge is 0.390 e. The van der Waals surface area contributed by atoms with Crippen LogP contribution in [0.3, 0.4) is 0 Å². The topological polar surface area (TPSA) is 50.4 Å². The minimum Gasteiger partial charge on any atom is -0.390 e. The Morgan fingerprint density at radius 3 is 2.36 bits per heavy atom. The predicted molar refractivity (Wildman–Crippen MR) is 90.5 cm³/mol. The van der Waals surface area contributed by atoms with Crippen LogP contribution in [0.25, 0.3) is 16.2 Å². The summed E-state index contributed by atoms with van der Waals surface area (Å²) in [6, 6.07) is 4.31. The van der Waals surface area contributed by atoms with E-state index in [1.807, 2.05) is 0 Å². The summed E-state index contributed by atoms with van der Waals surface area (Å²) in [6.07, 6.45) is 0. The van der Waals surface area contributed by atoms with Crippen molar-refractivity contribution in [2.75, 3.05) is 0 Å². The first kappa shape index (κ1) is 15.2. The number of benzene rings is 1. The van der Waals surface area contributed by atoms with Gasteiger partial charge in [0, 0.05) is 11.5 Å². The van der Waals surface area contributed by atoms with Gasteiger partial charge in [-0.3, -0.25) is 0 Å². The molecule has 0 unspecified atom stereocenters. The van der Waals surface area contributed by atoms with Crippen LogP contribution in [-0.4, -0.2) is 19.7 Å². The third kappa shape index (κ3) is 2.34. The van der Waals surface area contributed by atoms with Crippen molar-refractivity contribution in [1.29, 1.82) is 0 Å². The molecule has 0 amide bonds. The molecule has 1 aromatic carbocycles. The van der Waals surface area contributed by atoms with E-state index in [0.29, 0.717) is 5.92 Å². The maximum atomic E-state index is 9.85. The molecule has 0 spiro atoms. The Balaban J connectivity index is 2.26. The number of hydrogen-bond acceptors (Lipinski definition) is 4. The second-order valence-electron chi connectivity index (χ2n) is 6.13. The van der Waals surface area contributed by atoms with E-state index in [4.69, 9.17) is 4.98 Å². The van der Waals surface area contributed by atoms with Crippen molar-refractivity contribution < 1.29 is 5.11 Å². The molecule has 3 aromatic rings. The van der Waals surface area contributed by atoms with Gasteiger partial charge in [0.25, 0.3) is 0 Å². The average molecular weight is 315 g/mol. The molecule has 0 radical (unpaired) electrons. The minimum atomic E-state index is -0.0650. The van der Waals surface area contributed by atoms with E-state index in [0.717, 1.165) is 26.9 Å². The third-order valence-electron chi connectivity index (χ3n) is 3.87. The second kappa shape index (κ2) is 5.48. The Morgan fingerprint density at radius 1 is 1.18 bits per heavy atom. The number of aliphatic hydroxyl groups is 1. The zero-order chi connectivity index (χ0) is 16.0. The third-order valence-corrected chi connectivity index (χ3v) is 5.08. The Kier molecular flexibility index (Phi) is 3.78. The van der Waals surface area contributed by atoms with Crippen LogP contribution in [-0.2, 0) is 6.61 Å². The molecule has 0 atom stereocenters. The van der Waals surface area contributed by atoms with E-state index in [1.165, 1.54) is 16.7 Å². The summed E-state index contributed by atoms with van der Waals surface area (Å²) >= 11 is 1.59. The summed E-state index contributed by atoms with van der Waals surface area (Å²) in [5.74, 6) is 0.365. The van der Waals surface area contributed by atoms with Gasteiger partial charge in [-0.05, 0) is 31.9 Å². The molecule has 2 heterocycles. The molecule has 0 saturated carbocycles. The van der Waals surface area contributed by atoms with Crippen LogP contribution in [0.15, 0.2) is 12.1 Å². The summed E-state index contributed by atoms with van der Waals surface area (Å²) in [6.45, 7) is 10.5. The molecule has 0 bridgehead atoms. The van der Waals surface area contributed by atoms with Gasteiger partial charge in [0.2, 0.25) is 4.96 Å². The lowest BCUT2D eigenvalue weighted by Gasteiger charge is -2.10. The standard InChI is InChI=1S/C17H21N3OS/c1-9(2)16-19-20-13(8-21)15(18-17(20)22-16)14-11(4)6-10(3)7-12(14)5/h6-7,9,21H,8H2,1-5H3. The molecule has 0 aliphatic carbocycles. The highest BCUT2D eigenvalue weighted by atomic mass is 32.1. The quantitative estimate of drug-likeness (QED) is 0.795. The molecule has 0 saturated heterocycles. The van der Waals surface area contributed by atoms with Crippen molar-refractivity contribution in [2.24, 2.45) is 0 Å². The van der Waals surface area contributed by atoms with Gasteiger partial charge < -0.3 is 5.11 Å². The SMILES string of the molecule is Cc1cc(C)c(-c2nc3sc(C(C)C)nn3c2CO)c(C)c1. The van der Waals surface area contributed by atoms with Gasteiger partial charge in [0.15, 0.2) is 0 Å². The van der Waals surface area contributed by atoms with E-state index in [-0.39, 0.29) is 6.61 Å². The fourth-order valence-electron chi connectivity index (χ4n) is 2.93. The maximum absolute atomic E-state index is 9.85. The summed E-state index contributed by atoms with van der Waals surface area (Å²) in [5.41, 5.74) is 6.34. The fourth-order valence-corrected chi connectivity index (χ4v) is 3.85. The summed E-state index contributed by atoms with van der Waals surface area (Å²) in [7, 11) is 0. The maximum Gasteiger partial charge on any atom is 0.213 e. The molecule has 116 valence electrons. The van der Waals surface area contributed by atoms with E-state index in [9.17, 15) is 5.11 Å². The second-order valence-corrected chi connectivity index (χ2v) is 7.12. The van der Waals surface area contributed by atoms with Gasteiger partial charge in [0.1, 0.15) is 5.01 Å². The van der Waals surface area contributed by atoms with Gasteiger partial charge in [-0.2, -0.15) is 5.10 Å². The number of fused-ring (bicyclic) bond motifs is 1. The van der Waals surface area contributed by atoms with Crippen LogP contribution in [0, 0.1) is 20.8 Å². The predicted octanol–water partition coefficient (Wildman–Crippen LogP) is 4.00. The molecule has 5 heteroatoms. The molecule has 0 fully saturated rings. The number of aromatic nitrogens is 3. The summed E-state index contributed by atoms with van der Waals surface area (Å²) < 4.78 is 1.80. The van der Waals surface area contributed by atoms with Crippen LogP contribution < -0.4 is 0 Å². The monoisotopic (exact) mass is 315 g/mol. The number of rotatable bonds is 3. The van der Waals surface area contributed by atoms with E-state index in [1.54, 1.807) is 15.9 Å². The molecule has 1 N–H and O–H groups in total. The van der Waals surface area contributed by atoms with Gasteiger partial charge in [-0.1, -0.05) is 42.9 Å². The Labute approximate surface area is 134 Å². The number of hydrogen-bond donors (Lipinski definition) is 1. The number of aryl methyl sites for hydroxylation is 3. The van der Waals surface area contributed by atoms with Gasteiger partial charge in [-0.25, -0.2) is 9.50 Å². The number of nitrogens with zero attached hydrogens (tertiary/aromatic N) is 3. The zero-order valence-corrected chi connectivity index (χ0v) is 14.5. The molecule has 3 rings (SSSR count). The summed E-state index contributed by atoms with van der Waals surface area (Å²) in [5, 5.41) is 15.5. The molecular weight excluding hydrogens is 294 g/mol. The van der Waals surface area contributed by atoms with Gasteiger partial charge >= 0.3 is 0 Å². The first-order valence-electron chi connectivity index (χ1n) is 7.49. The molecule has 2 aromatic heterocycles. The molecule has 4 nitrogen and oxygen atoms in total. The number of imidazole rings is 1. The highest BCUT2D eigenvalue weighted by Crippen LogP contribution is 2.33. The first-order chi connectivity index (χ1) is 10.4. The number of aliphatic hydroxyl groups excluding tert-OH is 1. The van der Waals surface area contributed by atoms with Crippen molar-refractivity contribution >= 4 is 16.3 Å². The van der Waals surface area contributed by atoms with E-state index < -0.39 is 0 Å². The average Bonchev–Trinajstić information content (AvgIpc) is 2.94. The zero-order valence-electron chi connectivity index (χ0n) is 13.6. The smallest absolute Gasteiger partial charge is 0.213 e. The lowest BCUT2D eigenvalue weighted by Crippen LogP contribution is -1.99. The Bertz CT molecular complexity index is 822. The van der Waals surface area contributed by atoms with Crippen LogP contribution in [0.1, 0.15) is 47.2 Å². The highest BCUT2D eigenvalue weighted by Gasteiger charge is 2.20. The normalized spacial score (nSPS) is 11.8. The fraction of sp³-hybridized carbons (Fsp3) is 0.412. The molecule has 0 aliphatic rings. The molecular formula is C17H21N3OS. The van der Waals surface area contributed by atoms with Crippen LogP contribution in [0.4, 0.5) is 0 Å². The van der Waals surface area contributed by atoms with Crippen molar-refractivity contribution in [1.82, 2.24) is 14.6 Å². The van der Waals surface area contributed by atoms with Crippen LogP contribution in [0.2, 0.25) is 0 Å². The Morgan fingerprint density at radius 2 is 1.82 bits per heavy atom. The van der Waals surface area contributed by atoms with Gasteiger partial charge in [-0.15, -0.1) is 0 Å². The van der Waals surface area contributed by atoms with E-state index >= 15 is 0 Å². The first-order valence-corrected chi connectivity index (χ1v) is 8.31. The van der Waals surface area contributed by atoms with Crippen molar-refractivity contribution in [3.8, 4) is 11.3 Å². The van der Waals surface area contributed by atoms with Crippen LogP contribution >= 0.6 is 11.3 Å². The summed E-state index contributed by atoms with van der Waals surface area (Å²) in [4.78, 5) is 5.62. The van der Waals surface area contributed by atoms with Crippen molar-refractivity contribution in [2.45, 2.75) is 47.1 Å². The van der Waals surface area contributed by atoms with Gasteiger partial charge in [0.05, 0.1) is 18.0 Å². The molecule has 22 heavy (non-hydrogen) atoms. The lowest BCUT2D eigenvalue weighted by molar-refractivity contribution is 0.275. The minimum absolute atomic E-state index is 0.0650. The lowest BCUT2D eigenvalue weighted by atomic mass is 9.96. The van der Waals surface area contributed by atoms with Crippen molar-refractivity contribution in [3.05, 3.63) is 39.5 Å². The highest BCUT2D eigenvalue weighted by molar-refractivity contribution is 7.16.